The lowest BCUT2D eigenvalue weighted by molar-refractivity contribution is -0.128. The number of thioether (sulfide) groups is 1. The van der Waals surface area contributed by atoms with E-state index in [1.165, 1.54) is 60.2 Å². The third-order valence-corrected chi connectivity index (χ3v) is 5.96. The van der Waals surface area contributed by atoms with Crippen LogP contribution in [0.4, 0.5) is 20.0 Å². The molecule has 1 aliphatic heterocycles. The summed E-state index contributed by atoms with van der Waals surface area (Å²) < 4.78 is 13.5. The Hall–Kier alpha value is -2.20. The molecule has 2 N–H and O–H groups in total. The fourth-order valence-corrected chi connectivity index (χ4v) is 4.30. The van der Waals surface area contributed by atoms with Crippen molar-refractivity contribution in [3.63, 3.8) is 0 Å². The number of halogens is 1. The number of nitrogens with zero attached hydrogens (tertiary/aromatic N) is 3. The third kappa shape index (κ3) is 6.17. The third-order valence-electron chi connectivity index (χ3n) is 4.01. The van der Waals surface area contributed by atoms with Gasteiger partial charge in [0.25, 0.3) is 0 Å². The Morgan fingerprint density at radius 1 is 1.07 bits per heavy atom. The van der Waals surface area contributed by atoms with Gasteiger partial charge in [-0.3, -0.25) is 10.1 Å². The van der Waals surface area contributed by atoms with Crippen molar-refractivity contribution in [3.8, 4) is 0 Å². The first-order valence-electron chi connectivity index (χ1n) is 8.68. The predicted molar refractivity (Wildman–Crippen MR) is 105 cm³/mol. The van der Waals surface area contributed by atoms with Gasteiger partial charge in [-0.2, -0.15) is 0 Å². The van der Waals surface area contributed by atoms with E-state index in [1.807, 2.05) is 4.90 Å². The van der Waals surface area contributed by atoms with Crippen LogP contribution in [0, 0.1) is 5.82 Å². The molecule has 3 rings (SSSR count). The zero-order valence-corrected chi connectivity index (χ0v) is 16.2. The van der Waals surface area contributed by atoms with Gasteiger partial charge in [0.05, 0.1) is 5.75 Å². The minimum atomic E-state index is -0.491. The van der Waals surface area contributed by atoms with Gasteiger partial charge < -0.3 is 10.2 Å². The molecule has 7 nitrogen and oxygen atoms in total. The van der Waals surface area contributed by atoms with Crippen molar-refractivity contribution in [1.82, 2.24) is 15.1 Å². The Morgan fingerprint density at radius 2 is 1.78 bits per heavy atom. The summed E-state index contributed by atoms with van der Waals surface area (Å²) in [7, 11) is 0. The lowest BCUT2D eigenvalue weighted by atomic mass is 10.2. The molecular formula is C17H20FN5O2S2. The van der Waals surface area contributed by atoms with Crippen LogP contribution in [-0.4, -0.2) is 45.9 Å². The average molecular weight is 410 g/mol. The zero-order valence-electron chi connectivity index (χ0n) is 14.6. The van der Waals surface area contributed by atoms with Crippen molar-refractivity contribution in [2.45, 2.75) is 30.0 Å². The largest absolute Gasteiger partial charge is 0.342 e. The SMILES string of the molecule is O=C(Nc1ccc(F)cc1)Nc1nnc(SCC(=O)N2CCCCCC2)s1. The molecule has 2 heterocycles. The molecule has 0 unspecified atom stereocenters. The number of likely N-dealkylation sites (tertiary alicyclic amines) is 1. The second-order valence-electron chi connectivity index (χ2n) is 6.04. The summed E-state index contributed by atoms with van der Waals surface area (Å²) >= 11 is 2.53. The van der Waals surface area contributed by atoms with E-state index < -0.39 is 6.03 Å². The van der Waals surface area contributed by atoms with E-state index in [9.17, 15) is 14.0 Å². The monoisotopic (exact) mass is 409 g/mol. The summed E-state index contributed by atoms with van der Waals surface area (Å²) in [5.41, 5.74) is 0.469. The highest BCUT2D eigenvalue weighted by Gasteiger charge is 2.17. The summed E-state index contributed by atoms with van der Waals surface area (Å²) in [6, 6.07) is 4.96. The molecule has 0 aliphatic carbocycles. The molecular weight excluding hydrogens is 389 g/mol. The van der Waals surface area contributed by atoms with Gasteiger partial charge in [0, 0.05) is 18.8 Å². The first kappa shape index (κ1) is 19.6. The number of anilines is 2. The highest BCUT2D eigenvalue weighted by Crippen LogP contribution is 2.26. The maximum atomic E-state index is 12.9. The number of aromatic nitrogens is 2. The number of amides is 3. The highest BCUT2D eigenvalue weighted by atomic mass is 32.2. The number of benzene rings is 1. The molecule has 0 bridgehead atoms. The van der Waals surface area contributed by atoms with E-state index in [2.05, 4.69) is 20.8 Å². The summed E-state index contributed by atoms with van der Waals surface area (Å²) in [4.78, 5) is 26.1. The van der Waals surface area contributed by atoms with Gasteiger partial charge >= 0.3 is 6.03 Å². The maximum Gasteiger partial charge on any atom is 0.325 e. The van der Waals surface area contributed by atoms with Crippen LogP contribution in [0.25, 0.3) is 0 Å². The second-order valence-corrected chi connectivity index (χ2v) is 8.24. The van der Waals surface area contributed by atoms with Crippen molar-refractivity contribution in [2.75, 3.05) is 29.5 Å². The van der Waals surface area contributed by atoms with Crippen LogP contribution in [0.2, 0.25) is 0 Å². The summed E-state index contributed by atoms with van der Waals surface area (Å²) in [6.45, 7) is 1.65. The van der Waals surface area contributed by atoms with E-state index in [4.69, 9.17) is 0 Å². The topological polar surface area (TPSA) is 87.2 Å². The van der Waals surface area contributed by atoms with Crippen LogP contribution in [-0.2, 0) is 4.79 Å². The second kappa shape index (κ2) is 9.65. The number of hydrogen-bond acceptors (Lipinski definition) is 6. The molecule has 3 amide bonds. The average Bonchev–Trinajstić information content (AvgIpc) is 2.92. The van der Waals surface area contributed by atoms with E-state index in [1.54, 1.807) is 0 Å². The molecule has 0 radical (unpaired) electrons. The standard InChI is InChI=1S/C17H20FN5O2S2/c18-12-5-7-13(8-6-12)19-15(25)20-16-21-22-17(27-16)26-11-14(24)23-9-3-1-2-4-10-23/h5-8H,1-4,9-11H2,(H2,19,20,21,25). The molecule has 0 saturated carbocycles. The summed E-state index contributed by atoms with van der Waals surface area (Å²) in [5.74, 6) is 0.0540. The highest BCUT2D eigenvalue weighted by molar-refractivity contribution is 8.01. The van der Waals surface area contributed by atoms with E-state index in [0.29, 0.717) is 20.9 Å². The minimum absolute atomic E-state index is 0.112. The molecule has 27 heavy (non-hydrogen) atoms. The Bertz CT molecular complexity index is 776. The van der Waals surface area contributed by atoms with Crippen molar-refractivity contribution < 1.29 is 14.0 Å². The predicted octanol–water partition coefficient (Wildman–Crippen LogP) is 3.82. The van der Waals surface area contributed by atoms with Crippen LogP contribution in [0.5, 0.6) is 0 Å². The fraction of sp³-hybridized carbons (Fsp3) is 0.412. The number of nitrogens with one attached hydrogen (secondary N) is 2. The van der Waals surface area contributed by atoms with Crippen LogP contribution < -0.4 is 10.6 Å². The van der Waals surface area contributed by atoms with Crippen LogP contribution in [0.15, 0.2) is 28.6 Å². The van der Waals surface area contributed by atoms with E-state index >= 15 is 0 Å². The number of urea groups is 1. The molecule has 0 spiro atoms. The van der Waals surface area contributed by atoms with Crippen molar-refractivity contribution in [2.24, 2.45) is 0 Å². The van der Waals surface area contributed by atoms with Gasteiger partial charge in [0.15, 0.2) is 4.34 Å². The Morgan fingerprint density at radius 3 is 2.48 bits per heavy atom. The lowest BCUT2D eigenvalue weighted by Gasteiger charge is -2.19. The first-order chi connectivity index (χ1) is 13.1. The number of rotatable bonds is 5. The van der Waals surface area contributed by atoms with Crippen molar-refractivity contribution in [3.05, 3.63) is 30.1 Å². The lowest BCUT2D eigenvalue weighted by Crippen LogP contribution is -2.33. The smallest absolute Gasteiger partial charge is 0.325 e. The van der Waals surface area contributed by atoms with Gasteiger partial charge in [-0.1, -0.05) is 35.9 Å². The van der Waals surface area contributed by atoms with Crippen molar-refractivity contribution in [1.29, 1.82) is 0 Å². The Kier molecular flexibility index (Phi) is 6.99. The normalized spacial score (nSPS) is 14.5. The number of carbonyl (C=O) groups is 2. The summed E-state index contributed by atoms with van der Waals surface area (Å²) in [5, 5.41) is 13.4. The maximum absolute atomic E-state index is 12.9. The van der Waals surface area contributed by atoms with Gasteiger partial charge in [-0.15, -0.1) is 10.2 Å². The van der Waals surface area contributed by atoms with Crippen LogP contribution in [0.3, 0.4) is 0 Å². The van der Waals surface area contributed by atoms with Crippen molar-refractivity contribution >= 4 is 45.9 Å². The molecule has 1 fully saturated rings. The molecule has 1 aliphatic rings. The van der Waals surface area contributed by atoms with E-state index in [-0.39, 0.29) is 11.7 Å². The molecule has 1 aromatic heterocycles. The van der Waals surface area contributed by atoms with Crippen LogP contribution >= 0.6 is 23.1 Å². The molecule has 2 aromatic rings. The first-order valence-corrected chi connectivity index (χ1v) is 10.5. The van der Waals surface area contributed by atoms with Gasteiger partial charge in [-0.05, 0) is 37.1 Å². The Labute approximate surface area is 164 Å². The molecule has 1 saturated heterocycles. The Balaban J connectivity index is 1.45. The van der Waals surface area contributed by atoms with Crippen LogP contribution in [0.1, 0.15) is 25.7 Å². The van der Waals surface area contributed by atoms with E-state index in [0.717, 1.165) is 25.9 Å². The quantitative estimate of drug-likeness (QED) is 0.579. The minimum Gasteiger partial charge on any atom is -0.342 e. The molecule has 0 atom stereocenters. The van der Waals surface area contributed by atoms with Gasteiger partial charge in [0.2, 0.25) is 11.0 Å². The number of carbonyl (C=O) groups excluding carboxylic acids is 2. The molecule has 10 heteroatoms. The fourth-order valence-electron chi connectivity index (χ4n) is 2.65. The van der Waals surface area contributed by atoms with Gasteiger partial charge in [-0.25, -0.2) is 9.18 Å². The molecule has 144 valence electrons. The molecule has 1 aromatic carbocycles. The zero-order chi connectivity index (χ0) is 19.1. The summed E-state index contributed by atoms with van der Waals surface area (Å²) in [6.07, 6.45) is 4.49. The van der Waals surface area contributed by atoms with Gasteiger partial charge in [0.1, 0.15) is 5.82 Å². The number of hydrogen-bond donors (Lipinski definition) is 2.